The second-order valence-corrected chi connectivity index (χ2v) is 6.15. The van der Waals surface area contributed by atoms with Gasteiger partial charge in [-0.2, -0.15) is 0 Å². The van der Waals surface area contributed by atoms with E-state index in [4.69, 9.17) is 39.3 Å². The number of phosphoric acid groups is 2. The molecule has 6 N–H and O–H groups in total. The van der Waals surface area contributed by atoms with Crippen molar-refractivity contribution in [2.24, 2.45) is 0 Å². The Morgan fingerprint density at radius 3 is 1.48 bits per heavy atom. The first-order chi connectivity index (χ1) is 10.6. The van der Waals surface area contributed by atoms with Gasteiger partial charge in [0.1, 0.15) is 0 Å². The van der Waals surface area contributed by atoms with Crippen LogP contribution in [0.3, 0.4) is 0 Å². The fourth-order valence-corrected chi connectivity index (χ4v) is 1.53. The molecule has 0 aromatic rings. The summed E-state index contributed by atoms with van der Waals surface area (Å²) in [6, 6.07) is 0. The van der Waals surface area contributed by atoms with Crippen LogP contribution in [-0.2, 0) is 27.7 Å². The monoisotopic (exact) mass is 386 g/mol. The summed E-state index contributed by atoms with van der Waals surface area (Å²) in [6.07, 6.45) is 0.241. The van der Waals surface area contributed by atoms with Crippen LogP contribution in [0, 0.1) is 0 Å². The highest BCUT2D eigenvalue weighted by atomic mass is 31.2. The Bertz CT molecular complexity index is 339. The summed E-state index contributed by atoms with van der Waals surface area (Å²) in [5.74, 6) is 0. The van der Waals surface area contributed by atoms with Crippen LogP contribution < -0.4 is 0 Å². The molecule has 0 unspecified atom stereocenters. The van der Waals surface area contributed by atoms with Crippen molar-refractivity contribution < 1.29 is 57.4 Å². The van der Waals surface area contributed by atoms with Gasteiger partial charge in [-0.05, 0) is 6.42 Å². The van der Waals surface area contributed by atoms with E-state index in [0.717, 1.165) is 0 Å². The molecule has 0 aliphatic carbocycles. The fraction of sp³-hybridized carbons (Fsp3) is 1.00. The average molecular weight is 386 g/mol. The van der Waals surface area contributed by atoms with E-state index >= 15 is 0 Å². The SMILES string of the molecule is O=P(O)(O)OCCCO.O=P(O)(O)OCCOCCOCCO. The molecule has 0 aromatic carbocycles. The maximum Gasteiger partial charge on any atom is 0.469 e. The molecule has 0 heterocycles. The first-order valence-electron chi connectivity index (χ1n) is 6.39. The lowest BCUT2D eigenvalue weighted by Gasteiger charge is -2.06. The third-order valence-corrected chi connectivity index (χ3v) is 2.69. The molecule has 12 nitrogen and oxygen atoms in total. The van der Waals surface area contributed by atoms with Gasteiger partial charge in [-0.25, -0.2) is 9.13 Å². The Balaban J connectivity index is 0. The third-order valence-electron chi connectivity index (χ3n) is 1.66. The molecule has 0 aliphatic heterocycles. The number of ether oxygens (including phenoxy) is 2. The number of hydrogen-bond donors (Lipinski definition) is 6. The summed E-state index contributed by atoms with van der Waals surface area (Å²) in [4.78, 5) is 32.6. The molecule has 142 valence electrons. The summed E-state index contributed by atoms with van der Waals surface area (Å²) >= 11 is 0. The van der Waals surface area contributed by atoms with Crippen LogP contribution in [0.2, 0.25) is 0 Å². The molecule has 0 rings (SSSR count). The first kappa shape index (κ1) is 25.3. The van der Waals surface area contributed by atoms with Gasteiger partial charge in [-0.15, -0.1) is 0 Å². The van der Waals surface area contributed by atoms with Crippen molar-refractivity contribution in [1.29, 1.82) is 0 Å². The van der Waals surface area contributed by atoms with Gasteiger partial charge in [0.2, 0.25) is 0 Å². The van der Waals surface area contributed by atoms with Gasteiger partial charge in [0.05, 0.1) is 46.2 Å². The maximum absolute atomic E-state index is 10.2. The van der Waals surface area contributed by atoms with Crippen molar-refractivity contribution in [2.45, 2.75) is 6.42 Å². The number of hydrogen-bond acceptors (Lipinski definition) is 8. The van der Waals surface area contributed by atoms with Crippen LogP contribution in [0.15, 0.2) is 0 Å². The predicted octanol–water partition coefficient (Wildman–Crippen LogP) is -1.40. The van der Waals surface area contributed by atoms with Crippen molar-refractivity contribution in [1.82, 2.24) is 0 Å². The molecular weight excluding hydrogens is 362 g/mol. The van der Waals surface area contributed by atoms with Crippen LogP contribution in [0.1, 0.15) is 6.42 Å². The zero-order valence-corrected chi connectivity index (χ0v) is 14.2. The lowest BCUT2D eigenvalue weighted by molar-refractivity contribution is 0.0217. The summed E-state index contributed by atoms with van der Waals surface area (Å²) in [5.41, 5.74) is 0. The average Bonchev–Trinajstić information content (AvgIpc) is 2.40. The number of aliphatic hydroxyl groups excluding tert-OH is 2. The second-order valence-electron chi connectivity index (χ2n) is 3.67. The number of aliphatic hydroxyl groups is 2. The van der Waals surface area contributed by atoms with E-state index in [2.05, 4.69) is 9.05 Å². The van der Waals surface area contributed by atoms with E-state index < -0.39 is 15.6 Å². The minimum atomic E-state index is -4.38. The zero-order chi connectivity index (χ0) is 18.2. The standard InChI is InChI=1S/C6H15O7P.C3H9O5P/c7-1-2-11-3-4-12-5-6-13-14(8,9)10;4-2-1-3-8-9(5,6)7/h7H,1-6H2,(H2,8,9,10);4H,1-3H2,(H2,5,6,7). The highest BCUT2D eigenvalue weighted by molar-refractivity contribution is 7.46. The lowest BCUT2D eigenvalue weighted by Crippen LogP contribution is -2.10. The zero-order valence-electron chi connectivity index (χ0n) is 12.4. The normalized spacial score (nSPS) is 11.9. The molecule has 0 bridgehead atoms. The minimum Gasteiger partial charge on any atom is -0.396 e. The molecular formula is C9H24O12P2. The van der Waals surface area contributed by atoms with Gasteiger partial charge in [0.15, 0.2) is 0 Å². The van der Waals surface area contributed by atoms with Gasteiger partial charge in [0, 0.05) is 6.61 Å². The van der Waals surface area contributed by atoms with E-state index in [9.17, 15) is 9.13 Å². The summed E-state index contributed by atoms with van der Waals surface area (Å²) < 4.78 is 37.9. The third kappa shape index (κ3) is 30.5. The van der Waals surface area contributed by atoms with E-state index in [0.29, 0.717) is 13.2 Å². The number of rotatable bonds is 13. The van der Waals surface area contributed by atoms with Crippen molar-refractivity contribution >= 4 is 15.6 Å². The molecule has 14 heteroatoms. The van der Waals surface area contributed by atoms with Crippen LogP contribution in [0.4, 0.5) is 0 Å². The molecule has 0 amide bonds. The highest BCUT2D eigenvalue weighted by Crippen LogP contribution is 2.35. The van der Waals surface area contributed by atoms with E-state index in [-0.39, 0.29) is 46.1 Å². The Morgan fingerprint density at radius 1 is 0.609 bits per heavy atom. The highest BCUT2D eigenvalue weighted by Gasteiger charge is 2.12. The summed E-state index contributed by atoms with van der Waals surface area (Å²) in [7, 11) is -8.68. The van der Waals surface area contributed by atoms with Gasteiger partial charge >= 0.3 is 15.6 Å². The van der Waals surface area contributed by atoms with Crippen molar-refractivity contribution in [2.75, 3.05) is 52.9 Å². The van der Waals surface area contributed by atoms with E-state index in [1.807, 2.05) is 0 Å². The summed E-state index contributed by atoms with van der Waals surface area (Å²) in [6.45, 7) is 0.531. The molecule has 0 saturated carbocycles. The Morgan fingerprint density at radius 2 is 1.04 bits per heavy atom. The van der Waals surface area contributed by atoms with Gasteiger partial charge in [0.25, 0.3) is 0 Å². The predicted molar refractivity (Wildman–Crippen MR) is 76.4 cm³/mol. The van der Waals surface area contributed by atoms with Crippen LogP contribution in [-0.4, -0.2) is 82.6 Å². The van der Waals surface area contributed by atoms with Gasteiger partial charge in [-0.1, -0.05) is 0 Å². The largest absolute Gasteiger partial charge is 0.469 e. The molecule has 0 aliphatic rings. The minimum absolute atomic E-state index is 0.0404. The van der Waals surface area contributed by atoms with Crippen molar-refractivity contribution in [3.63, 3.8) is 0 Å². The first-order valence-corrected chi connectivity index (χ1v) is 9.46. The molecule has 0 spiro atoms. The maximum atomic E-state index is 10.2. The van der Waals surface area contributed by atoms with Crippen molar-refractivity contribution in [3.8, 4) is 0 Å². The Hall–Kier alpha value is 0.0600. The fourth-order valence-electron chi connectivity index (χ4n) is 0.850. The molecule has 0 fully saturated rings. The quantitative estimate of drug-likeness (QED) is 0.160. The lowest BCUT2D eigenvalue weighted by atomic mass is 10.5. The molecule has 0 radical (unpaired) electrons. The summed E-state index contributed by atoms with van der Waals surface area (Å²) in [5, 5.41) is 16.5. The van der Waals surface area contributed by atoms with E-state index in [1.54, 1.807) is 0 Å². The molecule has 23 heavy (non-hydrogen) atoms. The smallest absolute Gasteiger partial charge is 0.396 e. The molecule has 0 atom stereocenters. The second kappa shape index (κ2) is 15.6. The Labute approximate surface area is 133 Å². The van der Waals surface area contributed by atoms with Crippen LogP contribution in [0.5, 0.6) is 0 Å². The topological polar surface area (TPSA) is 192 Å². The van der Waals surface area contributed by atoms with E-state index in [1.165, 1.54) is 0 Å². The van der Waals surface area contributed by atoms with Crippen LogP contribution in [0.25, 0.3) is 0 Å². The van der Waals surface area contributed by atoms with Gasteiger partial charge in [-0.3, -0.25) is 9.05 Å². The van der Waals surface area contributed by atoms with Crippen molar-refractivity contribution in [3.05, 3.63) is 0 Å². The molecule has 0 saturated heterocycles. The number of phosphoric ester groups is 2. The van der Waals surface area contributed by atoms with Gasteiger partial charge < -0.3 is 39.3 Å². The molecule has 0 aromatic heterocycles. The van der Waals surface area contributed by atoms with Crippen LogP contribution >= 0.6 is 15.6 Å². The Kier molecular flexibility index (Phi) is 17.1.